The maximum Gasteiger partial charge on any atom is 0.430 e. The van der Waals surface area contributed by atoms with Crippen molar-refractivity contribution < 1.29 is 53.8 Å². The maximum atomic E-state index is 14.2. The van der Waals surface area contributed by atoms with E-state index in [0.29, 0.717) is 18.6 Å². The number of carbonyl (C=O) groups is 1. The van der Waals surface area contributed by atoms with Crippen molar-refractivity contribution in [2.24, 2.45) is 0 Å². The number of amides is 1. The number of sulfone groups is 1. The first-order valence-corrected chi connectivity index (χ1v) is 13.9. The zero-order chi connectivity index (χ0) is 29.7. The SMILES string of the molecule is CCCCOC(=O)N1CCC2(S(=O)(=O)c3ccc(F)cc3)c3ccc(C(O)(C(F)(F)F)C(F)(F)F)cc3CCC12. The molecule has 0 bridgehead atoms. The molecule has 2 atom stereocenters. The van der Waals surface area contributed by atoms with Crippen LogP contribution in [-0.4, -0.2) is 56.1 Å². The van der Waals surface area contributed by atoms with Gasteiger partial charge in [-0.2, -0.15) is 26.3 Å². The summed E-state index contributed by atoms with van der Waals surface area (Å²) in [6.07, 6.45) is -12.3. The van der Waals surface area contributed by atoms with Gasteiger partial charge in [0.25, 0.3) is 5.60 Å². The number of fused-ring (bicyclic) bond motifs is 3. The minimum Gasteiger partial charge on any atom is -0.449 e. The van der Waals surface area contributed by atoms with Gasteiger partial charge in [0.2, 0.25) is 0 Å². The second kappa shape index (κ2) is 10.2. The maximum absolute atomic E-state index is 14.2. The standard InChI is InChI=1S/C26H26F7NO5S/c1-2-3-14-39-22(35)34-13-12-23(40(37,38)19-8-6-18(27)7-9-19)20-10-5-17(15-16(20)4-11-21(23)34)24(36,25(28,29)30)26(31,32)33/h5-10,15,21,36H,2-4,11-14H2,1H3. The normalized spacial score (nSPS) is 21.6. The molecule has 1 aliphatic carbocycles. The molecule has 1 fully saturated rings. The van der Waals surface area contributed by atoms with Gasteiger partial charge < -0.3 is 14.7 Å². The molecule has 2 aromatic carbocycles. The van der Waals surface area contributed by atoms with Crippen molar-refractivity contribution in [3.05, 3.63) is 65.0 Å². The second-order valence-corrected chi connectivity index (χ2v) is 12.1. The molecule has 0 saturated carbocycles. The molecule has 0 radical (unpaired) electrons. The quantitative estimate of drug-likeness (QED) is 0.260. The Kier molecular flexibility index (Phi) is 7.67. The fourth-order valence-corrected chi connectivity index (χ4v) is 8.04. The Bertz CT molecular complexity index is 1360. The third kappa shape index (κ3) is 4.52. The fraction of sp³-hybridized carbons (Fsp3) is 0.500. The predicted molar refractivity (Wildman–Crippen MR) is 127 cm³/mol. The molecule has 1 amide bonds. The number of hydrogen-bond acceptors (Lipinski definition) is 5. The van der Waals surface area contributed by atoms with Crippen molar-refractivity contribution >= 4 is 15.9 Å². The highest BCUT2D eigenvalue weighted by atomic mass is 32.2. The van der Waals surface area contributed by atoms with E-state index in [1.54, 1.807) is 0 Å². The topological polar surface area (TPSA) is 83.9 Å². The molecule has 1 N–H and O–H groups in total. The monoisotopic (exact) mass is 597 g/mol. The summed E-state index contributed by atoms with van der Waals surface area (Å²) >= 11 is 0. The van der Waals surface area contributed by atoms with Crippen LogP contribution in [0.2, 0.25) is 0 Å². The zero-order valence-corrected chi connectivity index (χ0v) is 22.0. The molecule has 1 heterocycles. The molecule has 1 aliphatic heterocycles. The van der Waals surface area contributed by atoms with Gasteiger partial charge in [-0.25, -0.2) is 17.6 Å². The van der Waals surface area contributed by atoms with Crippen LogP contribution in [0.3, 0.4) is 0 Å². The van der Waals surface area contributed by atoms with E-state index in [-0.39, 0.29) is 48.4 Å². The minimum absolute atomic E-state index is 0.0731. The van der Waals surface area contributed by atoms with E-state index in [9.17, 15) is 49.1 Å². The second-order valence-electron chi connectivity index (χ2n) is 9.89. The molecule has 6 nitrogen and oxygen atoms in total. The number of halogens is 7. The first kappa shape index (κ1) is 30.1. The van der Waals surface area contributed by atoms with Crippen LogP contribution in [0.25, 0.3) is 0 Å². The lowest BCUT2D eigenvalue weighted by Gasteiger charge is -2.43. The summed E-state index contributed by atoms with van der Waals surface area (Å²) < 4.78 is 127. The van der Waals surface area contributed by atoms with Crippen molar-refractivity contribution in [1.82, 2.24) is 4.90 Å². The Morgan fingerprint density at radius 3 is 2.27 bits per heavy atom. The van der Waals surface area contributed by atoms with Crippen LogP contribution >= 0.6 is 0 Å². The number of aliphatic hydroxyl groups is 1. The fourth-order valence-electron chi connectivity index (χ4n) is 5.67. The molecule has 2 aliphatic rings. The minimum atomic E-state index is -6.12. The summed E-state index contributed by atoms with van der Waals surface area (Å²) in [7, 11) is -4.51. The average molecular weight is 598 g/mol. The third-order valence-electron chi connectivity index (χ3n) is 7.69. The van der Waals surface area contributed by atoms with Crippen molar-refractivity contribution in [3.8, 4) is 0 Å². The Morgan fingerprint density at radius 2 is 1.70 bits per heavy atom. The van der Waals surface area contributed by atoms with E-state index >= 15 is 0 Å². The number of rotatable bonds is 6. The molecule has 2 aromatic rings. The molecule has 40 heavy (non-hydrogen) atoms. The molecular weight excluding hydrogens is 571 g/mol. The van der Waals surface area contributed by atoms with E-state index in [1.165, 1.54) is 4.90 Å². The number of likely N-dealkylation sites (tertiary alicyclic amines) is 1. The van der Waals surface area contributed by atoms with Gasteiger partial charge in [0.1, 0.15) is 10.6 Å². The lowest BCUT2D eigenvalue weighted by molar-refractivity contribution is -0.376. The van der Waals surface area contributed by atoms with E-state index < -0.39 is 56.1 Å². The number of carbonyl (C=O) groups excluding carboxylic acids is 1. The average Bonchev–Trinajstić information content (AvgIpc) is 3.29. The summed E-state index contributed by atoms with van der Waals surface area (Å²) in [5.74, 6) is -0.729. The van der Waals surface area contributed by atoms with Crippen molar-refractivity contribution in [3.63, 3.8) is 0 Å². The van der Waals surface area contributed by atoms with E-state index in [4.69, 9.17) is 4.74 Å². The Morgan fingerprint density at radius 1 is 1.07 bits per heavy atom. The molecular formula is C26H26F7NO5S. The van der Waals surface area contributed by atoms with Gasteiger partial charge in [-0.3, -0.25) is 0 Å². The van der Waals surface area contributed by atoms with Crippen molar-refractivity contribution in [2.45, 2.75) is 72.7 Å². The molecule has 4 rings (SSSR count). The number of unbranched alkanes of at least 4 members (excludes halogenated alkanes) is 1. The van der Waals surface area contributed by atoms with Crippen LogP contribution in [0, 0.1) is 5.82 Å². The molecule has 0 spiro atoms. The highest BCUT2D eigenvalue weighted by Gasteiger charge is 2.71. The number of aryl methyl sites for hydroxylation is 1. The van der Waals surface area contributed by atoms with Gasteiger partial charge in [0.05, 0.1) is 17.5 Å². The molecule has 0 aromatic heterocycles. The first-order valence-electron chi connectivity index (χ1n) is 12.5. The van der Waals surface area contributed by atoms with Crippen molar-refractivity contribution in [2.75, 3.05) is 13.2 Å². The highest BCUT2D eigenvalue weighted by molar-refractivity contribution is 7.92. The van der Waals surface area contributed by atoms with Gasteiger partial charge in [0.15, 0.2) is 9.84 Å². The number of ether oxygens (including phenoxy) is 1. The van der Waals surface area contributed by atoms with Gasteiger partial charge >= 0.3 is 18.4 Å². The predicted octanol–water partition coefficient (Wildman–Crippen LogP) is 5.76. The number of nitrogens with zero attached hydrogens (tertiary/aromatic N) is 1. The van der Waals surface area contributed by atoms with Crippen LogP contribution in [-0.2, 0) is 31.3 Å². The van der Waals surface area contributed by atoms with E-state index in [0.717, 1.165) is 36.8 Å². The lowest BCUT2D eigenvalue weighted by atomic mass is 9.76. The summed E-state index contributed by atoms with van der Waals surface area (Å²) in [5, 5.41) is 9.92. The van der Waals surface area contributed by atoms with Gasteiger partial charge in [0, 0.05) is 12.1 Å². The summed E-state index contributed by atoms with van der Waals surface area (Å²) in [4.78, 5) is 13.8. The van der Waals surface area contributed by atoms with Crippen molar-refractivity contribution in [1.29, 1.82) is 0 Å². The molecule has 14 heteroatoms. The Hall–Kier alpha value is -2.87. The highest BCUT2D eigenvalue weighted by Crippen LogP contribution is 2.55. The zero-order valence-electron chi connectivity index (χ0n) is 21.1. The number of alkyl halides is 6. The van der Waals surface area contributed by atoms with Gasteiger partial charge in [-0.1, -0.05) is 31.5 Å². The van der Waals surface area contributed by atoms with Gasteiger partial charge in [-0.15, -0.1) is 0 Å². The van der Waals surface area contributed by atoms with Crippen LogP contribution in [0.5, 0.6) is 0 Å². The van der Waals surface area contributed by atoms with Crippen LogP contribution in [0.15, 0.2) is 47.4 Å². The lowest BCUT2D eigenvalue weighted by Crippen LogP contribution is -2.54. The van der Waals surface area contributed by atoms with Crippen LogP contribution in [0.4, 0.5) is 35.5 Å². The van der Waals surface area contributed by atoms with E-state index in [2.05, 4.69) is 0 Å². The Balaban J connectivity index is 1.90. The number of hydrogen-bond donors (Lipinski definition) is 1. The Labute approximate surface area is 225 Å². The third-order valence-corrected chi connectivity index (χ3v) is 10.2. The smallest absolute Gasteiger partial charge is 0.430 e. The number of benzene rings is 2. The largest absolute Gasteiger partial charge is 0.449 e. The molecule has 2 unspecified atom stereocenters. The summed E-state index contributed by atoms with van der Waals surface area (Å²) in [5.41, 5.74) is -6.94. The summed E-state index contributed by atoms with van der Waals surface area (Å²) in [6, 6.07) is 4.53. The molecule has 1 saturated heterocycles. The van der Waals surface area contributed by atoms with Gasteiger partial charge in [-0.05, 0) is 61.1 Å². The van der Waals surface area contributed by atoms with Crippen LogP contribution in [0.1, 0.15) is 49.3 Å². The van der Waals surface area contributed by atoms with Crippen LogP contribution < -0.4 is 0 Å². The summed E-state index contributed by atoms with van der Waals surface area (Å²) in [6.45, 7) is 1.82. The van der Waals surface area contributed by atoms with E-state index in [1.807, 2.05) is 6.92 Å². The first-order chi connectivity index (χ1) is 18.5. The molecule has 220 valence electrons.